The largest absolute Gasteiger partial charge is 0.349 e. The SMILES string of the molecule is C[C@H](CC(=O)NC(Cc1ccccc1)c1ccccc1)C1CC[C@H]2[C@@H]3C(=O)C[C@@H]4CC(=O)CC[C@]4(C)[C@H]3CC[C@]12C. The van der Waals surface area contributed by atoms with Gasteiger partial charge in [0.05, 0.1) is 6.04 Å². The number of nitrogens with one attached hydrogen (secondary N) is 1. The molecule has 2 aromatic carbocycles. The van der Waals surface area contributed by atoms with Crippen LogP contribution in [0.1, 0.15) is 95.7 Å². The summed E-state index contributed by atoms with van der Waals surface area (Å²) in [4.78, 5) is 39.5. The third-order valence-corrected chi connectivity index (χ3v) is 12.4. The van der Waals surface area contributed by atoms with E-state index in [0.29, 0.717) is 55.0 Å². The van der Waals surface area contributed by atoms with E-state index in [1.54, 1.807) is 0 Å². The second kappa shape index (κ2) is 11.2. The first kappa shape index (κ1) is 28.4. The van der Waals surface area contributed by atoms with Crippen LogP contribution < -0.4 is 5.32 Å². The van der Waals surface area contributed by atoms with Crippen molar-refractivity contribution >= 4 is 17.5 Å². The molecular formula is C37H47NO3. The summed E-state index contributed by atoms with van der Waals surface area (Å²) >= 11 is 0. The van der Waals surface area contributed by atoms with Crippen LogP contribution in [0.5, 0.6) is 0 Å². The average molecular weight is 554 g/mol. The lowest BCUT2D eigenvalue weighted by Gasteiger charge is -2.59. The molecule has 4 nitrogen and oxygen atoms in total. The van der Waals surface area contributed by atoms with Crippen molar-refractivity contribution in [1.29, 1.82) is 0 Å². The lowest BCUT2D eigenvalue weighted by molar-refractivity contribution is -0.159. The maximum Gasteiger partial charge on any atom is 0.220 e. The standard InChI is InChI=1S/C37H47NO3/c1-24(20-34(41)38-32(26-12-8-5-9-13-26)21-25-10-6-4-7-11-25)29-14-15-30-35-31(17-19-37(29,30)3)36(2)18-16-28(39)22-27(36)23-33(35)40/h4-13,24,27,29-32,35H,14-23H2,1-3H3,(H,38,41)/t24-,27+,29?,30+,31+,32?,35+,36+,37-/m1/s1. The number of hydrogen-bond donors (Lipinski definition) is 1. The van der Waals surface area contributed by atoms with Gasteiger partial charge in [-0.15, -0.1) is 0 Å². The maximum atomic E-state index is 13.7. The zero-order valence-electron chi connectivity index (χ0n) is 25.1. The molecule has 0 aliphatic heterocycles. The van der Waals surface area contributed by atoms with Gasteiger partial charge in [0.2, 0.25) is 5.91 Å². The minimum absolute atomic E-state index is 0.0587. The first-order chi connectivity index (χ1) is 19.7. The van der Waals surface area contributed by atoms with E-state index in [1.165, 1.54) is 5.56 Å². The van der Waals surface area contributed by atoms with Crippen molar-refractivity contribution in [3.8, 4) is 0 Å². The third kappa shape index (κ3) is 5.21. The van der Waals surface area contributed by atoms with Crippen molar-refractivity contribution in [2.45, 2.75) is 91.0 Å². The molecule has 0 heterocycles. The molecule has 41 heavy (non-hydrogen) atoms. The highest BCUT2D eigenvalue weighted by Gasteiger charge is 2.63. The van der Waals surface area contributed by atoms with Gasteiger partial charge in [-0.2, -0.15) is 0 Å². The van der Waals surface area contributed by atoms with E-state index >= 15 is 0 Å². The molecule has 0 radical (unpaired) electrons. The van der Waals surface area contributed by atoms with Gasteiger partial charge in [0.15, 0.2) is 0 Å². The fourth-order valence-corrected chi connectivity index (χ4v) is 10.2. The van der Waals surface area contributed by atoms with E-state index in [-0.39, 0.29) is 40.5 Å². The summed E-state index contributed by atoms with van der Waals surface area (Å²) in [5.41, 5.74) is 2.58. The Labute approximate surface area is 246 Å². The molecule has 0 saturated heterocycles. The molecule has 2 aromatic rings. The molecule has 4 aliphatic carbocycles. The molecule has 4 fully saturated rings. The first-order valence-corrected chi connectivity index (χ1v) is 16.1. The van der Waals surface area contributed by atoms with Crippen LogP contribution in [-0.4, -0.2) is 17.5 Å². The molecule has 0 spiro atoms. The van der Waals surface area contributed by atoms with E-state index in [0.717, 1.165) is 44.1 Å². The van der Waals surface area contributed by atoms with Crippen molar-refractivity contribution < 1.29 is 14.4 Å². The molecule has 6 rings (SSSR count). The molecule has 4 aliphatic rings. The Morgan fingerprint density at radius 1 is 0.878 bits per heavy atom. The quantitative estimate of drug-likeness (QED) is 0.386. The summed E-state index contributed by atoms with van der Waals surface area (Å²) in [5.74, 6) is 2.85. The summed E-state index contributed by atoms with van der Waals surface area (Å²) in [7, 11) is 0. The normalized spacial score (nSPS) is 36.0. The smallest absolute Gasteiger partial charge is 0.220 e. The zero-order chi connectivity index (χ0) is 28.8. The van der Waals surface area contributed by atoms with Crippen LogP contribution >= 0.6 is 0 Å². The summed E-state index contributed by atoms with van der Waals surface area (Å²) in [6.45, 7) is 7.11. The van der Waals surface area contributed by atoms with Gasteiger partial charge in [0.25, 0.3) is 0 Å². The van der Waals surface area contributed by atoms with Gasteiger partial charge in [0, 0.05) is 31.6 Å². The predicted octanol–water partition coefficient (Wildman–Crippen LogP) is 7.52. The summed E-state index contributed by atoms with van der Waals surface area (Å²) in [6, 6.07) is 20.6. The van der Waals surface area contributed by atoms with Gasteiger partial charge in [-0.05, 0) is 90.1 Å². The van der Waals surface area contributed by atoms with Gasteiger partial charge in [0.1, 0.15) is 11.6 Å². The molecule has 9 atom stereocenters. The molecule has 1 N–H and O–H groups in total. The van der Waals surface area contributed by atoms with Crippen LogP contribution in [0.15, 0.2) is 60.7 Å². The van der Waals surface area contributed by atoms with Crippen LogP contribution in [0.2, 0.25) is 0 Å². The number of Topliss-reactive ketones (excluding diaryl/α,β-unsaturated/α-hetero) is 2. The number of benzene rings is 2. The summed E-state index contributed by atoms with van der Waals surface area (Å²) in [6.07, 6.45) is 8.58. The van der Waals surface area contributed by atoms with Crippen molar-refractivity contribution in [1.82, 2.24) is 5.32 Å². The van der Waals surface area contributed by atoms with Crippen LogP contribution in [-0.2, 0) is 20.8 Å². The predicted molar refractivity (Wildman–Crippen MR) is 162 cm³/mol. The Morgan fingerprint density at radius 3 is 2.29 bits per heavy atom. The topological polar surface area (TPSA) is 63.2 Å². The van der Waals surface area contributed by atoms with Gasteiger partial charge < -0.3 is 5.32 Å². The number of fused-ring (bicyclic) bond motifs is 5. The van der Waals surface area contributed by atoms with E-state index < -0.39 is 0 Å². The van der Waals surface area contributed by atoms with Crippen molar-refractivity contribution in [2.24, 2.45) is 46.3 Å². The highest BCUT2D eigenvalue weighted by molar-refractivity contribution is 5.86. The molecule has 4 heteroatoms. The minimum Gasteiger partial charge on any atom is -0.349 e. The van der Waals surface area contributed by atoms with Gasteiger partial charge in [-0.25, -0.2) is 0 Å². The number of carbonyl (C=O) groups is 3. The Balaban J connectivity index is 1.15. The maximum absolute atomic E-state index is 13.7. The third-order valence-electron chi connectivity index (χ3n) is 12.4. The fourth-order valence-electron chi connectivity index (χ4n) is 10.2. The molecule has 1 amide bonds. The highest BCUT2D eigenvalue weighted by atomic mass is 16.2. The van der Waals surface area contributed by atoms with Crippen LogP contribution in [0.25, 0.3) is 0 Å². The number of rotatable bonds is 7. The van der Waals surface area contributed by atoms with Crippen LogP contribution in [0.3, 0.4) is 0 Å². The summed E-state index contributed by atoms with van der Waals surface area (Å²) < 4.78 is 0. The Hall–Kier alpha value is -2.75. The average Bonchev–Trinajstić information content (AvgIpc) is 3.32. The van der Waals surface area contributed by atoms with E-state index in [4.69, 9.17) is 0 Å². The van der Waals surface area contributed by atoms with Gasteiger partial charge in [-0.3, -0.25) is 14.4 Å². The molecule has 0 bridgehead atoms. The molecule has 2 unspecified atom stereocenters. The van der Waals surface area contributed by atoms with Crippen molar-refractivity contribution in [3.63, 3.8) is 0 Å². The number of hydrogen-bond acceptors (Lipinski definition) is 3. The van der Waals surface area contributed by atoms with Crippen molar-refractivity contribution in [3.05, 3.63) is 71.8 Å². The van der Waals surface area contributed by atoms with Crippen LogP contribution in [0.4, 0.5) is 0 Å². The Morgan fingerprint density at radius 2 is 1.56 bits per heavy atom. The molecule has 218 valence electrons. The number of amides is 1. The second-order valence-corrected chi connectivity index (χ2v) is 14.5. The lowest BCUT2D eigenvalue weighted by atomic mass is 9.44. The monoisotopic (exact) mass is 553 g/mol. The second-order valence-electron chi connectivity index (χ2n) is 14.5. The zero-order valence-corrected chi connectivity index (χ0v) is 25.1. The van der Waals surface area contributed by atoms with Gasteiger partial charge >= 0.3 is 0 Å². The number of carbonyl (C=O) groups excluding carboxylic acids is 3. The highest BCUT2D eigenvalue weighted by Crippen LogP contribution is 2.67. The lowest BCUT2D eigenvalue weighted by Crippen LogP contribution is -2.57. The minimum atomic E-state index is -0.0587. The van der Waals surface area contributed by atoms with Crippen LogP contribution in [0, 0.1) is 46.3 Å². The van der Waals surface area contributed by atoms with E-state index in [2.05, 4.69) is 62.5 Å². The Bertz CT molecular complexity index is 1270. The van der Waals surface area contributed by atoms with Crippen molar-refractivity contribution in [2.75, 3.05) is 0 Å². The fraction of sp³-hybridized carbons (Fsp3) is 0.595. The molecule has 0 aromatic heterocycles. The molecule has 4 saturated carbocycles. The van der Waals surface area contributed by atoms with Gasteiger partial charge in [-0.1, -0.05) is 81.4 Å². The van der Waals surface area contributed by atoms with E-state index in [9.17, 15) is 14.4 Å². The Kier molecular flexibility index (Phi) is 7.72. The first-order valence-electron chi connectivity index (χ1n) is 16.1. The molecular weight excluding hydrogens is 506 g/mol. The number of ketones is 2. The summed E-state index contributed by atoms with van der Waals surface area (Å²) in [5, 5.41) is 3.39. The van der Waals surface area contributed by atoms with E-state index in [1.807, 2.05) is 24.3 Å².